The molecule has 1 aromatic carbocycles. The second kappa shape index (κ2) is 5.89. The first-order valence-electron chi connectivity index (χ1n) is 5.00. The normalized spacial score (nSPS) is 11.6. The van der Waals surface area contributed by atoms with E-state index in [4.69, 9.17) is 11.0 Å². The topological polar surface area (TPSA) is 76.1 Å². The Balaban J connectivity index is 2.70. The zero-order chi connectivity index (χ0) is 12.0. The molecule has 0 saturated carbocycles. The molecule has 2 N–H and O–H groups in total. The van der Waals surface area contributed by atoms with Crippen molar-refractivity contribution in [2.45, 2.75) is 18.9 Å². The van der Waals surface area contributed by atoms with Crippen LogP contribution in [-0.2, 0) is 9.53 Å². The second-order valence-electron chi connectivity index (χ2n) is 3.42. The van der Waals surface area contributed by atoms with E-state index in [-0.39, 0.29) is 18.4 Å². The molecule has 4 heteroatoms. The summed E-state index contributed by atoms with van der Waals surface area (Å²) in [6.45, 7) is 0. The summed E-state index contributed by atoms with van der Waals surface area (Å²) in [5.41, 5.74) is 7.24. The third-order valence-electron chi connectivity index (χ3n) is 2.37. The van der Waals surface area contributed by atoms with Gasteiger partial charge in [0.25, 0.3) is 0 Å². The molecule has 0 saturated heterocycles. The molecule has 84 valence electrons. The third kappa shape index (κ3) is 3.07. The van der Waals surface area contributed by atoms with Crippen LogP contribution in [0.15, 0.2) is 24.3 Å². The van der Waals surface area contributed by atoms with Crippen molar-refractivity contribution in [3.8, 4) is 6.07 Å². The maximum atomic E-state index is 11.0. The number of hydrogen-bond acceptors (Lipinski definition) is 4. The maximum Gasteiger partial charge on any atom is 0.305 e. The Morgan fingerprint density at radius 1 is 1.56 bits per heavy atom. The summed E-state index contributed by atoms with van der Waals surface area (Å²) in [6.07, 6.45) is 0.739. The molecule has 4 nitrogen and oxygen atoms in total. The number of nitrogens with two attached hydrogens (primary N) is 1. The Hall–Kier alpha value is -1.86. The summed E-state index contributed by atoms with van der Waals surface area (Å²) in [7, 11) is 1.34. The first-order valence-corrected chi connectivity index (χ1v) is 5.00. The predicted octanol–water partition coefficient (Wildman–Crippen LogP) is 1.51. The average molecular weight is 218 g/mol. The van der Waals surface area contributed by atoms with Crippen LogP contribution < -0.4 is 5.73 Å². The van der Waals surface area contributed by atoms with E-state index in [2.05, 4.69) is 10.8 Å². The molecule has 1 atom stereocenters. The summed E-state index contributed by atoms with van der Waals surface area (Å²) in [6, 6.07) is 8.91. The van der Waals surface area contributed by atoms with Gasteiger partial charge in [0.2, 0.25) is 0 Å². The number of nitrogens with zero attached hydrogens (tertiary/aromatic N) is 1. The van der Waals surface area contributed by atoms with Crippen LogP contribution in [0.4, 0.5) is 0 Å². The highest BCUT2D eigenvalue weighted by Gasteiger charge is 2.12. The second-order valence-corrected chi connectivity index (χ2v) is 3.42. The van der Waals surface area contributed by atoms with Crippen LogP contribution in [0, 0.1) is 11.3 Å². The Labute approximate surface area is 94.6 Å². The van der Waals surface area contributed by atoms with Gasteiger partial charge in [0.15, 0.2) is 0 Å². The fourth-order valence-electron chi connectivity index (χ4n) is 1.45. The van der Waals surface area contributed by atoms with Crippen molar-refractivity contribution < 1.29 is 9.53 Å². The molecule has 0 fully saturated rings. The molecular weight excluding hydrogens is 204 g/mol. The number of hydrogen-bond donors (Lipinski definition) is 1. The van der Waals surface area contributed by atoms with Gasteiger partial charge < -0.3 is 10.5 Å². The van der Waals surface area contributed by atoms with E-state index in [1.807, 2.05) is 6.07 Å². The van der Waals surface area contributed by atoms with Crippen molar-refractivity contribution in [1.29, 1.82) is 5.26 Å². The number of nitriles is 1. The first kappa shape index (κ1) is 12.2. The summed E-state index contributed by atoms with van der Waals surface area (Å²) in [5.74, 6) is -0.287. The maximum absolute atomic E-state index is 11.0. The molecule has 16 heavy (non-hydrogen) atoms. The molecule has 0 spiro atoms. The molecule has 0 amide bonds. The van der Waals surface area contributed by atoms with Crippen LogP contribution in [0.2, 0.25) is 0 Å². The highest BCUT2D eigenvalue weighted by atomic mass is 16.5. The molecule has 1 rings (SSSR count). The quantitative estimate of drug-likeness (QED) is 0.777. The van der Waals surface area contributed by atoms with Gasteiger partial charge >= 0.3 is 5.97 Å². The van der Waals surface area contributed by atoms with Gasteiger partial charge in [-0.25, -0.2) is 0 Å². The zero-order valence-electron chi connectivity index (χ0n) is 9.14. The molecule has 0 radical (unpaired) electrons. The predicted molar refractivity (Wildman–Crippen MR) is 59.3 cm³/mol. The number of carbonyl (C=O) groups excluding carboxylic acids is 1. The summed E-state index contributed by atoms with van der Waals surface area (Å²) in [5, 5.41) is 8.89. The summed E-state index contributed by atoms with van der Waals surface area (Å²) >= 11 is 0. The van der Waals surface area contributed by atoms with E-state index in [0.717, 1.165) is 5.56 Å². The summed E-state index contributed by atoms with van der Waals surface area (Å²) < 4.78 is 4.53. The largest absolute Gasteiger partial charge is 0.469 e. The van der Waals surface area contributed by atoms with Gasteiger partial charge in [-0.15, -0.1) is 0 Å². The van der Waals surface area contributed by atoms with Crippen molar-refractivity contribution in [2.75, 3.05) is 7.11 Å². The molecule has 0 heterocycles. The lowest BCUT2D eigenvalue weighted by atomic mass is 9.98. The minimum atomic E-state index is -0.310. The van der Waals surface area contributed by atoms with Gasteiger partial charge in [-0.2, -0.15) is 5.26 Å². The van der Waals surface area contributed by atoms with E-state index < -0.39 is 0 Å². The molecule has 1 unspecified atom stereocenters. The fourth-order valence-corrected chi connectivity index (χ4v) is 1.45. The van der Waals surface area contributed by atoms with E-state index in [0.29, 0.717) is 12.0 Å². The average Bonchev–Trinajstić information content (AvgIpc) is 2.35. The molecule has 0 aliphatic carbocycles. The summed E-state index contributed by atoms with van der Waals surface area (Å²) in [4.78, 5) is 11.0. The van der Waals surface area contributed by atoms with Crippen LogP contribution in [0.1, 0.15) is 30.0 Å². The van der Waals surface area contributed by atoms with Crippen molar-refractivity contribution in [1.82, 2.24) is 0 Å². The highest BCUT2D eigenvalue weighted by molar-refractivity contribution is 5.69. The van der Waals surface area contributed by atoms with Gasteiger partial charge in [-0.3, -0.25) is 4.79 Å². The smallest absolute Gasteiger partial charge is 0.305 e. The zero-order valence-corrected chi connectivity index (χ0v) is 9.14. The number of benzene rings is 1. The van der Waals surface area contributed by atoms with E-state index in [1.165, 1.54) is 7.11 Å². The van der Waals surface area contributed by atoms with Gasteiger partial charge in [0.05, 0.1) is 18.7 Å². The number of esters is 1. The molecular formula is C12H14N2O2. The molecule has 0 aromatic heterocycles. The van der Waals surface area contributed by atoms with Gasteiger partial charge in [-0.05, 0) is 18.1 Å². The van der Waals surface area contributed by atoms with Crippen LogP contribution in [0.25, 0.3) is 0 Å². The third-order valence-corrected chi connectivity index (χ3v) is 2.37. The van der Waals surface area contributed by atoms with Crippen molar-refractivity contribution >= 4 is 5.97 Å². The van der Waals surface area contributed by atoms with Crippen LogP contribution in [0.3, 0.4) is 0 Å². The van der Waals surface area contributed by atoms with Crippen molar-refractivity contribution in [2.24, 2.45) is 5.73 Å². The van der Waals surface area contributed by atoms with Crippen LogP contribution >= 0.6 is 0 Å². The lowest BCUT2D eigenvalue weighted by Gasteiger charge is -2.12. The number of rotatable bonds is 4. The lowest BCUT2D eigenvalue weighted by molar-refractivity contribution is -0.140. The minimum Gasteiger partial charge on any atom is -0.469 e. The Kier molecular flexibility index (Phi) is 4.49. The van der Waals surface area contributed by atoms with Gasteiger partial charge in [0, 0.05) is 12.5 Å². The van der Waals surface area contributed by atoms with Crippen LogP contribution in [0.5, 0.6) is 0 Å². The Morgan fingerprint density at radius 2 is 2.25 bits per heavy atom. The minimum absolute atomic E-state index is 0.261. The Bertz CT molecular complexity index is 410. The Morgan fingerprint density at radius 3 is 2.88 bits per heavy atom. The first-order chi connectivity index (χ1) is 7.69. The van der Waals surface area contributed by atoms with E-state index in [1.54, 1.807) is 18.2 Å². The van der Waals surface area contributed by atoms with Gasteiger partial charge in [0.1, 0.15) is 0 Å². The van der Waals surface area contributed by atoms with Gasteiger partial charge in [-0.1, -0.05) is 18.2 Å². The highest BCUT2D eigenvalue weighted by Crippen LogP contribution is 2.19. The molecule has 0 aliphatic heterocycles. The lowest BCUT2D eigenvalue weighted by Crippen LogP contribution is -2.14. The van der Waals surface area contributed by atoms with E-state index in [9.17, 15) is 4.79 Å². The van der Waals surface area contributed by atoms with E-state index >= 15 is 0 Å². The fraction of sp³-hybridized carbons (Fsp3) is 0.333. The monoisotopic (exact) mass is 218 g/mol. The number of ether oxygens (including phenoxy) is 1. The molecule has 0 bridgehead atoms. The molecule has 1 aromatic rings. The van der Waals surface area contributed by atoms with Crippen molar-refractivity contribution in [3.05, 3.63) is 35.4 Å². The molecule has 0 aliphatic rings. The number of methoxy groups -OCH3 is 1. The van der Waals surface area contributed by atoms with Crippen molar-refractivity contribution in [3.63, 3.8) is 0 Å². The number of carbonyl (C=O) groups is 1. The van der Waals surface area contributed by atoms with Crippen LogP contribution in [-0.4, -0.2) is 13.1 Å². The SMILES string of the molecule is COC(=O)CCC(N)c1ccccc1C#N. The standard InChI is InChI=1S/C12H14N2O2/c1-16-12(15)7-6-11(14)10-5-3-2-4-9(10)8-13/h2-5,11H,6-7,14H2,1H3.